The molecule has 48 heavy (non-hydrogen) atoms. The number of nitrogens with zero attached hydrogens (tertiary/aromatic N) is 1. The predicted molar refractivity (Wildman–Crippen MR) is 185 cm³/mol. The number of benzene rings is 7. The molecule has 0 bridgehead atoms. The SMILES string of the molecule is Fc1cc(F)cc(-c2cccc(N(c3cccc(-c4cc(F)cc(F)c4)c3)c3cccc(-c4cccc5oc6ccccc6c45)c3)c2)c1. The Morgan fingerprint density at radius 1 is 0.375 bits per heavy atom. The Hall–Kier alpha value is -6.14. The van der Waals surface area contributed by atoms with Gasteiger partial charge in [0.15, 0.2) is 0 Å². The lowest BCUT2D eigenvalue weighted by Gasteiger charge is -2.27. The van der Waals surface area contributed by atoms with Gasteiger partial charge in [-0.05, 0) is 106 Å². The first kappa shape index (κ1) is 29.3. The van der Waals surface area contributed by atoms with Gasteiger partial charge < -0.3 is 9.32 Å². The van der Waals surface area contributed by atoms with Crippen LogP contribution < -0.4 is 4.90 Å². The topological polar surface area (TPSA) is 16.4 Å². The fraction of sp³-hybridized carbons (Fsp3) is 0. The Balaban J connectivity index is 1.32. The monoisotopic (exact) mass is 635 g/mol. The fourth-order valence-electron chi connectivity index (χ4n) is 6.37. The molecule has 2 nitrogen and oxygen atoms in total. The molecule has 1 aromatic heterocycles. The maximum Gasteiger partial charge on any atom is 0.136 e. The van der Waals surface area contributed by atoms with E-state index in [9.17, 15) is 17.6 Å². The second-order valence-corrected chi connectivity index (χ2v) is 11.6. The van der Waals surface area contributed by atoms with Crippen LogP contribution in [0.15, 0.2) is 156 Å². The Morgan fingerprint density at radius 3 is 1.40 bits per heavy atom. The van der Waals surface area contributed by atoms with Gasteiger partial charge in [-0.2, -0.15) is 0 Å². The van der Waals surface area contributed by atoms with E-state index in [2.05, 4.69) is 12.1 Å². The van der Waals surface area contributed by atoms with E-state index in [1.807, 2.05) is 95.9 Å². The van der Waals surface area contributed by atoms with Crippen molar-refractivity contribution in [2.45, 2.75) is 0 Å². The zero-order valence-corrected chi connectivity index (χ0v) is 25.3. The third-order valence-corrected chi connectivity index (χ3v) is 8.42. The molecular formula is C42H25F4NO. The zero-order valence-electron chi connectivity index (χ0n) is 25.3. The van der Waals surface area contributed by atoms with Gasteiger partial charge in [-0.15, -0.1) is 0 Å². The van der Waals surface area contributed by atoms with Crippen molar-refractivity contribution < 1.29 is 22.0 Å². The molecule has 0 radical (unpaired) electrons. The molecule has 0 saturated heterocycles. The van der Waals surface area contributed by atoms with Crippen molar-refractivity contribution >= 4 is 39.0 Å². The Bertz CT molecular complexity index is 2350. The van der Waals surface area contributed by atoms with Crippen molar-refractivity contribution in [3.8, 4) is 33.4 Å². The summed E-state index contributed by atoms with van der Waals surface area (Å²) in [6.45, 7) is 0. The molecule has 0 amide bonds. The van der Waals surface area contributed by atoms with E-state index in [-0.39, 0.29) is 0 Å². The molecule has 232 valence electrons. The van der Waals surface area contributed by atoms with Gasteiger partial charge in [0.25, 0.3) is 0 Å². The molecule has 8 aromatic rings. The van der Waals surface area contributed by atoms with Crippen molar-refractivity contribution in [2.75, 3.05) is 4.90 Å². The molecule has 8 rings (SSSR count). The van der Waals surface area contributed by atoms with E-state index in [0.29, 0.717) is 33.6 Å². The van der Waals surface area contributed by atoms with Crippen molar-refractivity contribution in [2.24, 2.45) is 0 Å². The number of halogens is 4. The van der Waals surface area contributed by atoms with Crippen LogP contribution in [0.3, 0.4) is 0 Å². The highest BCUT2D eigenvalue weighted by Gasteiger charge is 2.18. The van der Waals surface area contributed by atoms with Crippen molar-refractivity contribution in [3.05, 3.63) is 175 Å². The Labute approximate surface area is 273 Å². The van der Waals surface area contributed by atoms with Gasteiger partial charge >= 0.3 is 0 Å². The maximum absolute atomic E-state index is 14.2. The minimum absolute atomic E-state index is 0.394. The van der Waals surface area contributed by atoms with Crippen LogP contribution in [0.2, 0.25) is 0 Å². The standard InChI is InChI=1S/C42H25F4NO/c43-31-17-29(18-32(44)24-31)26-7-3-10-35(21-26)47(36-11-4-8-27(22-36)30-19-33(45)25-34(46)20-30)37-12-5-9-28(23-37)38-14-6-16-41-42(38)39-13-1-2-15-40(39)48-41/h1-25H. The van der Waals surface area contributed by atoms with Gasteiger partial charge in [0, 0.05) is 40.0 Å². The average Bonchev–Trinajstić information content (AvgIpc) is 3.47. The van der Waals surface area contributed by atoms with E-state index < -0.39 is 23.3 Å². The second-order valence-electron chi connectivity index (χ2n) is 11.6. The molecular weight excluding hydrogens is 610 g/mol. The molecule has 6 heteroatoms. The summed E-state index contributed by atoms with van der Waals surface area (Å²) in [6.07, 6.45) is 0. The van der Waals surface area contributed by atoms with Gasteiger partial charge in [0.05, 0.1) is 0 Å². The Kier molecular flexibility index (Phi) is 7.26. The summed E-state index contributed by atoms with van der Waals surface area (Å²) >= 11 is 0. The highest BCUT2D eigenvalue weighted by Crippen LogP contribution is 2.42. The lowest BCUT2D eigenvalue weighted by Crippen LogP contribution is -2.10. The van der Waals surface area contributed by atoms with E-state index in [0.717, 1.165) is 50.9 Å². The van der Waals surface area contributed by atoms with E-state index in [1.54, 1.807) is 12.1 Å². The second kappa shape index (κ2) is 11.9. The van der Waals surface area contributed by atoms with Crippen LogP contribution in [-0.4, -0.2) is 0 Å². The minimum Gasteiger partial charge on any atom is -0.456 e. The molecule has 0 aliphatic rings. The number of furan rings is 1. The smallest absolute Gasteiger partial charge is 0.136 e. The average molecular weight is 636 g/mol. The molecule has 0 fully saturated rings. The number of hydrogen-bond donors (Lipinski definition) is 0. The molecule has 1 heterocycles. The first-order chi connectivity index (χ1) is 23.4. The number of anilines is 3. The van der Waals surface area contributed by atoms with Crippen LogP contribution in [-0.2, 0) is 0 Å². The number of para-hydroxylation sites is 1. The van der Waals surface area contributed by atoms with Crippen LogP contribution in [0.5, 0.6) is 0 Å². The summed E-state index contributed by atoms with van der Waals surface area (Å²) in [5.41, 5.74) is 7.75. The molecule has 0 saturated carbocycles. The number of hydrogen-bond acceptors (Lipinski definition) is 2. The summed E-state index contributed by atoms with van der Waals surface area (Å²) in [7, 11) is 0. The first-order valence-corrected chi connectivity index (χ1v) is 15.3. The van der Waals surface area contributed by atoms with Crippen LogP contribution in [0, 0.1) is 23.3 Å². The number of rotatable bonds is 6. The van der Waals surface area contributed by atoms with Crippen molar-refractivity contribution in [1.29, 1.82) is 0 Å². The summed E-state index contributed by atoms with van der Waals surface area (Å²) in [6, 6.07) is 43.6. The largest absolute Gasteiger partial charge is 0.456 e. The van der Waals surface area contributed by atoms with Crippen LogP contribution in [0.25, 0.3) is 55.3 Å². The van der Waals surface area contributed by atoms with E-state index in [1.165, 1.54) is 24.3 Å². The lowest BCUT2D eigenvalue weighted by atomic mass is 9.98. The van der Waals surface area contributed by atoms with Crippen LogP contribution in [0.4, 0.5) is 34.6 Å². The lowest BCUT2D eigenvalue weighted by molar-refractivity contribution is 0.583. The van der Waals surface area contributed by atoms with Gasteiger partial charge in [-0.1, -0.05) is 66.7 Å². The third kappa shape index (κ3) is 5.47. The summed E-state index contributed by atoms with van der Waals surface area (Å²) < 4.78 is 63.1. The summed E-state index contributed by atoms with van der Waals surface area (Å²) in [5, 5.41) is 2.01. The van der Waals surface area contributed by atoms with Crippen LogP contribution >= 0.6 is 0 Å². The normalized spacial score (nSPS) is 11.3. The minimum atomic E-state index is -0.670. The molecule has 0 aliphatic carbocycles. The Morgan fingerprint density at radius 2 is 0.833 bits per heavy atom. The summed E-state index contributed by atoms with van der Waals surface area (Å²) in [4.78, 5) is 2.01. The quantitative estimate of drug-likeness (QED) is 0.169. The predicted octanol–water partition coefficient (Wildman–Crippen LogP) is 12.6. The molecule has 7 aromatic carbocycles. The van der Waals surface area contributed by atoms with Crippen LogP contribution in [0.1, 0.15) is 0 Å². The van der Waals surface area contributed by atoms with Gasteiger partial charge in [-0.3, -0.25) is 0 Å². The number of fused-ring (bicyclic) bond motifs is 3. The molecule has 0 aliphatic heterocycles. The first-order valence-electron chi connectivity index (χ1n) is 15.3. The van der Waals surface area contributed by atoms with Gasteiger partial charge in [0.1, 0.15) is 34.4 Å². The molecule has 0 atom stereocenters. The highest BCUT2D eigenvalue weighted by atomic mass is 19.1. The zero-order chi connectivity index (χ0) is 32.8. The molecule has 0 N–H and O–H groups in total. The van der Waals surface area contributed by atoms with Gasteiger partial charge in [-0.25, -0.2) is 17.6 Å². The van der Waals surface area contributed by atoms with Crippen molar-refractivity contribution in [1.82, 2.24) is 0 Å². The molecule has 0 spiro atoms. The van der Waals surface area contributed by atoms with E-state index in [4.69, 9.17) is 4.42 Å². The molecule has 0 unspecified atom stereocenters. The third-order valence-electron chi connectivity index (χ3n) is 8.42. The summed E-state index contributed by atoms with van der Waals surface area (Å²) in [5.74, 6) is -2.68. The van der Waals surface area contributed by atoms with Crippen molar-refractivity contribution in [3.63, 3.8) is 0 Å². The highest BCUT2D eigenvalue weighted by molar-refractivity contribution is 6.12. The fourth-order valence-corrected chi connectivity index (χ4v) is 6.37. The maximum atomic E-state index is 14.2. The van der Waals surface area contributed by atoms with E-state index >= 15 is 0 Å². The van der Waals surface area contributed by atoms with Gasteiger partial charge in [0.2, 0.25) is 0 Å².